The van der Waals surface area contributed by atoms with Crippen LogP contribution in [0.2, 0.25) is 5.02 Å². The fraction of sp³-hybridized carbons (Fsp3) is 0.217. The second-order valence-corrected chi connectivity index (χ2v) is 8.03. The molecule has 5 rings (SSSR count). The summed E-state index contributed by atoms with van der Waals surface area (Å²) in [5, 5.41) is 13.4. The zero-order valence-electron chi connectivity index (χ0n) is 17.6. The fourth-order valence-corrected chi connectivity index (χ4v) is 4.18. The number of aromatic amines is 2. The molecule has 0 radical (unpaired) electrons. The minimum atomic E-state index is -0.237. The van der Waals surface area contributed by atoms with Crippen molar-refractivity contribution in [2.45, 2.75) is 6.61 Å². The van der Waals surface area contributed by atoms with Crippen LogP contribution < -0.4 is 15.8 Å². The van der Waals surface area contributed by atoms with E-state index in [0.717, 1.165) is 59.6 Å². The number of hydrogen-bond donors (Lipinski definition) is 4. The number of nitrogens with one attached hydrogen (secondary N) is 3. The van der Waals surface area contributed by atoms with Crippen molar-refractivity contribution in [1.82, 2.24) is 20.3 Å². The third-order valence-electron chi connectivity index (χ3n) is 5.63. The number of anilines is 1. The van der Waals surface area contributed by atoms with E-state index in [1.54, 1.807) is 24.4 Å². The standard InChI is InChI=1S/C23H22ClN5O2.2ClH/c24-19-3-1-14(13-30)9-17(19)15-10-18(23(31)26-12-15)22-27-20-4-2-16(11-21(20)28-22)29-7-5-25-6-8-29;;/h1-4,9-12,25,30H,5-8,13H2,(H,26,31)(H,27,28);2*1H. The number of rotatable bonds is 4. The molecular weight excluding hydrogens is 485 g/mol. The first-order chi connectivity index (χ1) is 15.1. The molecule has 0 spiro atoms. The highest BCUT2D eigenvalue weighted by Gasteiger charge is 2.15. The van der Waals surface area contributed by atoms with Gasteiger partial charge in [0.2, 0.25) is 0 Å². The van der Waals surface area contributed by atoms with Crippen LogP contribution in [0.25, 0.3) is 33.5 Å². The largest absolute Gasteiger partial charge is 0.392 e. The Labute approximate surface area is 208 Å². The predicted octanol–water partition coefficient (Wildman–Crippen LogP) is 3.98. The van der Waals surface area contributed by atoms with Gasteiger partial charge in [0.05, 0.1) is 23.2 Å². The first-order valence-corrected chi connectivity index (χ1v) is 10.6. The second-order valence-electron chi connectivity index (χ2n) is 7.63. The molecule has 2 aromatic carbocycles. The number of imidazole rings is 1. The van der Waals surface area contributed by atoms with Crippen LogP contribution in [-0.4, -0.2) is 46.2 Å². The Morgan fingerprint density at radius 1 is 1.03 bits per heavy atom. The highest BCUT2D eigenvalue weighted by atomic mass is 35.5. The molecule has 0 atom stereocenters. The van der Waals surface area contributed by atoms with Crippen molar-refractivity contribution < 1.29 is 5.11 Å². The molecule has 0 amide bonds. The lowest BCUT2D eigenvalue weighted by Crippen LogP contribution is -2.43. The summed E-state index contributed by atoms with van der Waals surface area (Å²) in [5.41, 5.74) is 5.26. The third-order valence-corrected chi connectivity index (χ3v) is 5.96. The SMILES string of the molecule is Cl.Cl.O=c1[nH]cc(-c2cc(CO)ccc2Cl)cc1-c1nc2ccc(N3CCNCC3)cc2[nH]1. The lowest BCUT2D eigenvalue weighted by Gasteiger charge is -2.29. The van der Waals surface area contributed by atoms with Gasteiger partial charge in [0.15, 0.2) is 0 Å². The van der Waals surface area contributed by atoms with Gasteiger partial charge in [-0.05, 0) is 42.0 Å². The van der Waals surface area contributed by atoms with Crippen molar-refractivity contribution in [1.29, 1.82) is 0 Å². The number of aromatic nitrogens is 3. The number of hydrogen-bond acceptors (Lipinski definition) is 5. The van der Waals surface area contributed by atoms with Crippen LogP contribution >= 0.6 is 36.4 Å². The molecule has 4 aromatic rings. The van der Waals surface area contributed by atoms with Crippen LogP contribution in [-0.2, 0) is 6.61 Å². The van der Waals surface area contributed by atoms with Gasteiger partial charge in [-0.2, -0.15) is 0 Å². The molecule has 2 aromatic heterocycles. The van der Waals surface area contributed by atoms with Gasteiger partial charge in [-0.1, -0.05) is 17.7 Å². The molecule has 1 saturated heterocycles. The van der Waals surface area contributed by atoms with Gasteiger partial charge in [-0.15, -0.1) is 24.8 Å². The Morgan fingerprint density at radius 2 is 1.82 bits per heavy atom. The van der Waals surface area contributed by atoms with Gasteiger partial charge in [-0.3, -0.25) is 4.79 Å². The maximum atomic E-state index is 12.6. The number of aliphatic hydroxyl groups is 1. The van der Waals surface area contributed by atoms with Crippen molar-refractivity contribution in [3.8, 4) is 22.5 Å². The van der Waals surface area contributed by atoms with Crippen molar-refractivity contribution in [2.24, 2.45) is 0 Å². The molecule has 0 unspecified atom stereocenters. The lowest BCUT2D eigenvalue weighted by molar-refractivity contribution is 0.282. The summed E-state index contributed by atoms with van der Waals surface area (Å²) in [4.78, 5) is 25.7. The average Bonchev–Trinajstić information content (AvgIpc) is 3.23. The molecule has 174 valence electrons. The second kappa shape index (κ2) is 10.6. The van der Waals surface area contributed by atoms with Crippen molar-refractivity contribution >= 4 is 53.1 Å². The van der Waals surface area contributed by atoms with Gasteiger partial charge in [0.25, 0.3) is 5.56 Å². The van der Waals surface area contributed by atoms with Crippen LogP contribution in [0.3, 0.4) is 0 Å². The smallest absolute Gasteiger partial charge is 0.259 e. The number of benzene rings is 2. The number of fused-ring (bicyclic) bond motifs is 1. The van der Waals surface area contributed by atoms with E-state index in [0.29, 0.717) is 16.4 Å². The number of pyridine rings is 1. The maximum Gasteiger partial charge on any atom is 0.259 e. The van der Waals surface area contributed by atoms with Crippen LogP contribution in [0.1, 0.15) is 5.56 Å². The number of nitrogens with zero attached hydrogens (tertiary/aromatic N) is 2. The Hall–Kier alpha value is -2.55. The topological polar surface area (TPSA) is 97.0 Å². The van der Waals surface area contributed by atoms with E-state index in [1.807, 2.05) is 12.1 Å². The van der Waals surface area contributed by atoms with E-state index in [2.05, 4.69) is 37.3 Å². The van der Waals surface area contributed by atoms with E-state index in [1.165, 1.54) is 0 Å². The Balaban J connectivity index is 0.00000153. The van der Waals surface area contributed by atoms with E-state index in [9.17, 15) is 9.90 Å². The molecule has 1 fully saturated rings. The molecule has 1 aliphatic heterocycles. The number of aliphatic hydroxyl groups excluding tert-OH is 1. The monoisotopic (exact) mass is 507 g/mol. The summed E-state index contributed by atoms with van der Waals surface area (Å²) in [6, 6.07) is 13.2. The molecule has 0 bridgehead atoms. The Bertz CT molecular complexity index is 1320. The van der Waals surface area contributed by atoms with Gasteiger partial charge < -0.3 is 25.3 Å². The summed E-state index contributed by atoms with van der Waals surface area (Å²) in [7, 11) is 0. The number of H-pyrrole nitrogens is 2. The molecule has 33 heavy (non-hydrogen) atoms. The van der Waals surface area contributed by atoms with Gasteiger partial charge >= 0.3 is 0 Å². The maximum absolute atomic E-state index is 12.6. The van der Waals surface area contributed by atoms with Crippen molar-refractivity contribution in [3.05, 3.63) is 69.6 Å². The average molecular weight is 509 g/mol. The van der Waals surface area contributed by atoms with E-state index in [4.69, 9.17) is 11.6 Å². The van der Waals surface area contributed by atoms with Crippen LogP contribution in [0.5, 0.6) is 0 Å². The Morgan fingerprint density at radius 3 is 2.58 bits per heavy atom. The molecular formula is C23H24Cl3N5O2. The van der Waals surface area contributed by atoms with Crippen molar-refractivity contribution in [2.75, 3.05) is 31.1 Å². The van der Waals surface area contributed by atoms with E-state index in [-0.39, 0.29) is 37.0 Å². The molecule has 3 heterocycles. The summed E-state index contributed by atoms with van der Waals surface area (Å²) >= 11 is 6.38. The van der Waals surface area contributed by atoms with Crippen LogP contribution in [0.4, 0.5) is 5.69 Å². The summed E-state index contributed by atoms with van der Waals surface area (Å²) in [6.45, 7) is 3.77. The summed E-state index contributed by atoms with van der Waals surface area (Å²) in [5.74, 6) is 0.505. The number of halogens is 3. The van der Waals surface area contributed by atoms with Crippen molar-refractivity contribution in [3.63, 3.8) is 0 Å². The third kappa shape index (κ3) is 5.03. The summed E-state index contributed by atoms with van der Waals surface area (Å²) < 4.78 is 0. The van der Waals surface area contributed by atoms with Crippen LogP contribution in [0, 0.1) is 0 Å². The first kappa shape index (κ1) is 25.1. The fourth-order valence-electron chi connectivity index (χ4n) is 3.95. The quantitative estimate of drug-likeness (QED) is 0.334. The van der Waals surface area contributed by atoms with Crippen LogP contribution in [0.15, 0.2) is 53.5 Å². The highest BCUT2D eigenvalue weighted by Crippen LogP contribution is 2.30. The first-order valence-electron chi connectivity index (χ1n) is 10.2. The predicted molar refractivity (Wildman–Crippen MR) is 138 cm³/mol. The number of piperazine rings is 1. The minimum absolute atomic E-state index is 0. The molecule has 4 N–H and O–H groups in total. The van der Waals surface area contributed by atoms with E-state index >= 15 is 0 Å². The highest BCUT2D eigenvalue weighted by molar-refractivity contribution is 6.33. The molecule has 0 saturated carbocycles. The lowest BCUT2D eigenvalue weighted by atomic mass is 10.0. The molecule has 10 heteroatoms. The zero-order chi connectivity index (χ0) is 21.4. The minimum Gasteiger partial charge on any atom is -0.392 e. The molecule has 1 aliphatic rings. The van der Waals surface area contributed by atoms with E-state index < -0.39 is 0 Å². The Kier molecular flexibility index (Phi) is 8.05. The molecule has 7 nitrogen and oxygen atoms in total. The van der Waals surface area contributed by atoms with Gasteiger partial charge in [-0.25, -0.2) is 4.98 Å². The molecule has 0 aliphatic carbocycles. The van der Waals surface area contributed by atoms with Gasteiger partial charge in [0.1, 0.15) is 5.82 Å². The summed E-state index contributed by atoms with van der Waals surface area (Å²) in [6.07, 6.45) is 1.62. The normalized spacial score (nSPS) is 13.5. The zero-order valence-corrected chi connectivity index (χ0v) is 20.0. The van der Waals surface area contributed by atoms with Gasteiger partial charge in [0, 0.05) is 54.2 Å².